The summed E-state index contributed by atoms with van der Waals surface area (Å²) in [6.45, 7) is 2.11. The first-order valence-corrected chi connectivity index (χ1v) is 4.41. The van der Waals surface area contributed by atoms with Crippen LogP contribution >= 0.6 is 0 Å². The van der Waals surface area contributed by atoms with Gasteiger partial charge in [0.25, 0.3) is 0 Å². The minimum atomic E-state index is -4.49. The van der Waals surface area contributed by atoms with Gasteiger partial charge < -0.3 is 5.32 Å². The van der Waals surface area contributed by atoms with Crippen LogP contribution in [0.3, 0.4) is 0 Å². The maximum atomic E-state index is 11.5. The van der Waals surface area contributed by atoms with E-state index >= 15 is 0 Å². The zero-order chi connectivity index (χ0) is 9.90. The van der Waals surface area contributed by atoms with Crippen molar-refractivity contribution in [1.29, 1.82) is 0 Å². The predicted octanol–water partition coefficient (Wildman–Crippen LogP) is 1.91. The van der Waals surface area contributed by atoms with Crippen molar-refractivity contribution in [3.63, 3.8) is 0 Å². The molecule has 1 N–H and O–H groups in total. The van der Waals surface area contributed by atoms with Crippen LogP contribution in [0.2, 0.25) is 0 Å². The second-order valence-corrected chi connectivity index (χ2v) is 3.52. The van der Waals surface area contributed by atoms with Crippen LogP contribution in [0.15, 0.2) is 0 Å². The lowest BCUT2D eigenvalue weighted by atomic mass is 9.82. The summed E-state index contributed by atoms with van der Waals surface area (Å²) >= 11 is 0. The van der Waals surface area contributed by atoms with Gasteiger partial charge in [-0.1, -0.05) is 6.92 Å². The van der Waals surface area contributed by atoms with E-state index in [9.17, 15) is 13.2 Å². The van der Waals surface area contributed by atoms with Crippen molar-refractivity contribution in [1.82, 2.24) is 5.32 Å². The number of alkyl halides is 3. The summed E-state index contributed by atoms with van der Waals surface area (Å²) in [5, 5.41) is 3.00. The van der Waals surface area contributed by atoms with Crippen molar-refractivity contribution in [2.45, 2.75) is 32.2 Å². The topological polar surface area (TPSA) is 21.3 Å². The molecule has 1 fully saturated rings. The average molecular weight is 197 g/mol. The van der Waals surface area contributed by atoms with Gasteiger partial charge in [-0.2, -0.15) is 0 Å². The number of ether oxygens (including phenoxy) is 1. The van der Waals surface area contributed by atoms with E-state index in [1.165, 1.54) is 0 Å². The van der Waals surface area contributed by atoms with Gasteiger partial charge in [-0.25, -0.2) is 0 Å². The number of halogens is 3. The molecule has 0 radical (unpaired) electrons. The Morgan fingerprint density at radius 1 is 1.38 bits per heavy atom. The molecule has 5 heteroatoms. The third-order valence-electron chi connectivity index (χ3n) is 2.17. The van der Waals surface area contributed by atoms with Gasteiger partial charge in [-0.15, -0.1) is 13.2 Å². The van der Waals surface area contributed by atoms with E-state index in [0.29, 0.717) is 12.0 Å². The van der Waals surface area contributed by atoms with E-state index < -0.39 is 6.36 Å². The zero-order valence-corrected chi connectivity index (χ0v) is 7.53. The van der Waals surface area contributed by atoms with E-state index in [-0.39, 0.29) is 13.2 Å². The first-order valence-electron chi connectivity index (χ1n) is 4.41. The fraction of sp³-hybridized carbons (Fsp3) is 1.00. The molecule has 78 valence electrons. The van der Waals surface area contributed by atoms with Crippen LogP contribution in [0, 0.1) is 5.92 Å². The lowest BCUT2D eigenvalue weighted by molar-refractivity contribution is -0.323. The van der Waals surface area contributed by atoms with Crippen LogP contribution in [0.4, 0.5) is 13.2 Å². The summed E-state index contributed by atoms with van der Waals surface area (Å²) in [6, 6.07) is 0.395. The molecule has 0 heterocycles. The third kappa shape index (κ3) is 4.47. The van der Waals surface area contributed by atoms with Crippen LogP contribution in [0.25, 0.3) is 0 Å². The minimum absolute atomic E-state index is 0.275. The maximum Gasteiger partial charge on any atom is 0.522 e. The highest BCUT2D eigenvalue weighted by Crippen LogP contribution is 2.26. The Hall–Kier alpha value is -0.290. The molecule has 0 spiro atoms. The fourth-order valence-corrected chi connectivity index (χ4v) is 1.50. The van der Waals surface area contributed by atoms with Crippen LogP contribution in [-0.4, -0.2) is 25.6 Å². The smallest absolute Gasteiger partial charge is 0.312 e. The molecule has 2 nitrogen and oxygen atoms in total. The van der Waals surface area contributed by atoms with Gasteiger partial charge in [0.1, 0.15) is 0 Å². The quantitative estimate of drug-likeness (QED) is 0.695. The number of nitrogens with one attached hydrogen (secondary N) is 1. The largest absolute Gasteiger partial charge is 0.522 e. The lowest BCUT2D eigenvalue weighted by Crippen LogP contribution is -2.41. The molecule has 0 aromatic heterocycles. The van der Waals surface area contributed by atoms with Crippen molar-refractivity contribution >= 4 is 0 Å². The molecule has 1 rings (SSSR count). The average Bonchev–Trinajstić information content (AvgIpc) is 1.91. The Morgan fingerprint density at radius 2 is 2.00 bits per heavy atom. The van der Waals surface area contributed by atoms with Crippen LogP contribution in [0.5, 0.6) is 0 Å². The molecule has 0 amide bonds. The van der Waals surface area contributed by atoms with Crippen molar-refractivity contribution in [2.75, 3.05) is 13.2 Å². The summed E-state index contributed by atoms with van der Waals surface area (Å²) in [7, 11) is 0. The summed E-state index contributed by atoms with van der Waals surface area (Å²) < 4.78 is 38.1. The van der Waals surface area contributed by atoms with Gasteiger partial charge in [-0.05, 0) is 18.8 Å². The van der Waals surface area contributed by atoms with Gasteiger partial charge in [0.2, 0.25) is 0 Å². The second kappa shape index (κ2) is 4.28. The van der Waals surface area contributed by atoms with Gasteiger partial charge in [-0.3, -0.25) is 4.74 Å². The standard InChI is InChI=1S/C8H14F3NO/c1-6-4-7(5-6)12-2-3-13-8(9,10)11/h6-7,12H,2-5H2,1H3. The summed E-state index contributed by atoms with van der Waals surface area (Å²) in [5.74, 6) is 0.709. The summed E-state index contributed by atoms with van der Waals surface area (Å²) in [5.41, 5.74) is 0. The SMILES string of the molecule is CC1CC(NCCOC(F)(F)F)C1. The Labute approximate surface area is 75.4 Å². The Kier molecular flexibility index (Phi) is 3.55. The molecule has 1 saturated carbocycles. The predicted molar refractivity (Wildman–Crippen MR) is 42.2 cm³/mol. The molecule has 0 aromatic rings. The molecular weight excluding hydrogens is 183 g/mol. The zero-order valence-electron chi connectivity index (χ0n) is 7.53. The van der Waals surface area contributed by atoms with Crippen LogP contribution in [-0.2, 0) is 4.74 Å². The van der Waals surface area contributed by atoms with Crippen molar-refractivity contribution < 1.29 is 17.9 Å². The molecule has 0 atom stereocenters. The molecule has 0 unspecified atom stereocenters. The molecule has 1 aliphatic carbocycles. The van der Waals surface area contributed by atoms with E-state index in [1.54, 1.807) is 0 Å². The van der Waals surface area contributed by atoms with E-state index in [4.69, 9.17) is 0 Å². The van der Waals surface area contributed by atoms with E-state index in [1.807, 2.05) is 0 Å². The number of rotatable bonds is 4. The van der Waals surface area contributed by atoms with Crippen LogP contribution < -0.4 is 5.32 Å². The molecule has 0 aromatic carbocycles. The first-order chi connectivity index (χ1) is 5.97. The Morgan fingerprint density at radius 3 is 2.46 bits per heavy atom. The summed E-state index contributed by atoms with van der Waals surface area (Å²) in [6.07, 6.45) is -2.37. The van der Waals surface area contributed by atoms with Crippen LogP contribution in [0.1, 0.15) is 19.8 Å². The van der Waals surface area contributed by atoms with E-state index in [2.05, 4.69) is 17.0 Å². The Bertz CT molecular complexity index is 154. The first kappa shape index (κ1) is 10.8. The molecular formula is C8H14F3NO. The Balaban J connectivity index is 1.90. The monoisotopic (exact) mass is 197 g/mol. The van der Waals surface area contributed by atoms with Gasteiger partial charge in [0.15, 0.2) is 0 Å². The number of hydrogen-bond acceptors (Lipinski definition) is 2. The molecule has 0 aliphatic heterocycles. The summed E-state index contributed by atoms with van der Waals surface area (Å²) in [4.78, 5) is 0. The molecule has 0 saturated heterocycles. The van der Waals surface area contributed by atoms with Crippen molar-refractivity contribution in [2.24, 2.45) is 5.92 Å². The normalized spacial score (nSPS) is 28.6. The van der Waals surface area contributed by atoms with Gasteiger partial charge >= 0.3 is 6.36 Å². The fourth-order valence-electron chi connectivity index (χ4n) is 1.50. The molecule has 1 aliphatic rings. The van der Waals surface area contributed by atoms with Gasteiger partial charge in [0, 0.05) is 12.6 Å². The number of hydrogen-bond donors (Lipinski definition) is 1. The van der Waals surface area contributed by atoms with Crippen molar-refractivity contribution in [3.8, 4) is 0 Å². The highest BCUT2D eigenvalue weighted by molar-refractivity contribution is 4.81. The minimum Gasteiger partial charge on any atom is -0.312 e. The molecule has 0 bridgehead atoms. The highest BCUT2D eigenvalue weighted by atomic mass is 19.4. The van der Waals surface area contributed by atoms with Crippen molar-refractivity contribution in [3.05, 3.63) is 0 Å². The van der Waals surface area contributed by atoms with Gasteiger partial charge in [0.05, 0.1) is 6.61 Å². The second-order valence-electron chi connectivity index (χ2n) is 3.52. The highest BCUT2D eigenvalue weighted by Gasteiger charge is 2.29. The third-order valence-corrected chi connectivity index (χ3v) is 2.17. The lowest BCUT2D eigenvalue weighted by Gasteiger charge is -2.33. The van der Waals surface area contributed by atoms with E-state index in [0.717, 1.165) is 12.8 Å². The molecule has 13 heavy (non-hydrogen) atoms. The maximum absolute atomic E-state index is 11.5.